The SMILES string of the molecule is CCOc1ccc(-n2c(SC(C)C(=O)NC3CCCC3)nnc2-c2ccc(OC)cc2)cc1. The van der Waals surface area contributed by atoms with Crippen molar-refractivity contribution in [1.29, 1.82) is 0 Å². The molecule has 1 aliphatic carbocycles. The molecule has 3 aromatic rings. The molecule has 2 aromatic carbocycles. The second kappa shape index (κ2) is 10.7. The molecule has 1 N–H and O–H groups in total. The van der Waals surface area contributed by atoms with Crippen LogP contribution in [0.3, 0.4) is 0 Å². The number of hydrogen-bond donors (Lipinski definition) is 1. The third-order valence-corrected chi connectivity index (χ3v) is 6.78. The minimum atomic E-state index is -0.292. The van der Waals surface area contributed by atoms with Crippen LogP contribution in [-0.2, 0) is 4.79 Å². The summed E-state index contributed by atoms with van der Waals surface area (Å²) in [7, 11) is 1.64. The highest BCUT2D eigenvalue weighted by molar-refractivity contribution is 8.00. The van der Waals surface area contributed by atoms with Crippen LogP contribution in [0.1, 0.15) is 39.5 Å². The lowest BCUT2D eigenvalue weighted by Gasteiger charge is -2.17. The van der Waals surface area contributed by atoms with Crippen LogP contribution in [0, 0.1) is 0 Å². The summed E-state index contributed by atoms with van der Waals surface area (Å²) < 4.78 is 12.9. The topological polar surface area (TPSA) is 78.3 Å². The number of aromatic nitrogens is 3. The Morgan fingerprint density at radius 2 is 1.76 bits per heavy atom. The number of nitrogens with zero attached hydrogens (tertiary/aromatic N) is 3. The molecule has 1 aromatic heterocycles. The Balaban J connectivity index is 1.64. The first kappa shape index (κ1) is 23.2. The summed E-state index contributed by atoms with van der Waals surface area (Å²) in [6, 6.07) is 15.8. The molecular formula is C25H30N4O3S. The Kier molecular flexibility index (Phi) is 7.54. The normalized spacial score (nSPS) is 14.8. The summed E-state index contributed by atoms with van der Waals surface area (Å²) in [5.41, 5.74) is 1.81. The maximum Gasteiger partial charge on any atom is 0.233 e. The number of methoxy groups -OCH3 is 1. The van der Waals surface area contributed by atoms with Crippen molar-refractivity contribution in [2.24, 2.45) is 0 Å². The van der Waals surface area contributed by atoms with Gasteiger partial charge in [-0.1, -0.05) is 24.6 Å². The van der Waals surface area contributed by atoms with Crippen molar-refractivity contribution < 1.29 is 14.3 Å². The molecule has 0 aliphatic heterocycles. The summed E-state index contributed by atoms with van der Waals surface area (Å²) in [6.07, 6.45) is 4.49. The first-order chi connectivity index (χ1) is 16.1. The van der Waals surface area contributed by atoms with Gasteiger partial charge >= 0.3 is 0 Å². The Hall–Kier alpha value is -3.00. The van der Waals surface area contributed by atoms with Gasteiger partial charge < -0.3 is 14.8 Å². The first-order valence-electron chi connectivity index (χ1n) is 11.4. The van der Waals surface area contributed by atoms with Gasteiger partial charge in [-0.05, 0) is 75.2 Å². The van der Waals surface area contributed by atoms with E-state index in [-0.39, 0.29) is 11.2 Å². The van der Waals surface area contributed by atoms with Gasteiger partial charge in [0.1, 0.15) is 11.5 Å². The number of thioether (sulfide) groups is 1. The molecular weight excluding hydrogens is 436 g/mol. The van der Waals surface area contributed by atoms with Crippen molar-refractivity contribution in [1.82, 2.24) is 20.1 Å². The van der Waals surface area contributed by atoms with Crippen LogP contribution in [0.4, 0.5) is 0 Å². The molecule has 0 bridgehead atoms. The van der Waals surface area contributed by atoms with Gasteiger partial charge in [-0.15, -0.1) is 10.2 Å². The highest BCUT2D eigenvalue weighted by Gasteiger charge is 2.24. The van der Waals surface area contributed by atoms with E-state index in [0.29, 0.717) is 23.6 Å². The fourth-order valence-corrected chi connectivity index (χ4v) is 4.84. The molecule has 7 nitrogen and oxygen atoms in total. The highest BCUT2D eigenvalue weighted by Crippen LogP contribution is 2.32. The molecule has 1 amide bonds. The summed E-state index contributed by atoms with van der Waals surface area (Å²) in [5.74, 6) is 2.32. The predicted octanol–water partition coefficient (Wildman–Crippen LogP) is 4.88. The number of amides is 1. The molecule has 33 heavy (non-hydrogen) atoms. The maximum absolute atomic E-state index is 12.8. The van der Waals surface area contributed by atoms with Gasteiger partial charge in [0, 0.05) is 17.3 Å². The van der Waals surface area contributed by atoms with E-state index >= 15 is 0 Å². The standard InChI is InChI=1S/C25H30N4O3S/c1-4-32-22-15-11-20(12-16-22)29-23(18-9-13-21(31-3)14-10-18)27-28-25(29)33-17(2)24(30)26-19-7-5-6-8-19/h9-17,19H,4-8H2,1-3H3,(H,26,30). The van der Waals surface area contributed by atoms with Crippen molar-refractivity contribution in [3.05, 3.63) is 48.5 Å². The molecule has 0 spiro atoms. The summed E-state index contributed by atoms with van der Waals surface area (Å²) in [6.45, 7) is 4.49. The van der Waals surface area contributed by atoms with E-state index in [2.05, 4.69) is 15.5 Å². The lowest BCUT2D eigenvalue weighted by atomic mass is 10.2. The number of rotatable bonds is 9. The molecule has 1 aliphatic rings. The van der Waals surface area contributed by atoms with Gasteiger partial charge in [0.05, 0.1) is 19.0 Å². The van der Waals surface area contributed by atoms with Crippen LogP contribution >= 0.6 is 11.8 Å². The van der Waals surface area contributed by atoms with Crippen molar-refractivity contribution in [2.75, 3.05) is 13.7 Å². The smallest absolute Gasteiger partial charge is 0.233 e. The third kappa shape index (κ3) is 5.50. The van der Waals surface area contributed by atoms with Crippen LogP contribution in [0.15, 0.2) is 53.7 Å². The van der Waals surface area contributed by atoms with Crippen LogP contribution in [-0.4, -0.2) is 45.7 Å². The van der Waals surface area contributed by atoms with E-state index in [1.807, 2.05) is 66.9 Å². The fourth-order valence-electron chi connectivity index (χ4n) is 3.96. The number of nitrogens with one attached hydrogen (secondary N) is 1. The van der Waals surface area contributed by atoms with Crippen molar-refractivity contribution >= 4 is 17.7 Å². The zero-order chi connectivity index (χ0) is 23.2. The summed E-state index contributed by atoms with van der Waals surface area (Å²) >= 11 is 1.42. The number of carbonyl (C=O) groups excluding carboxylic acids is 1. The van der Waals surface area contributed by atoms with Crippen molar-refractivity contribution in [3.8, 4) is 28.6 Å². The Labute approximate surface area is 198 Å². The van der Waals surface area contributed by atoms with E-state index in [0.717, 1.165) is 35.6 Å². The largest absolute Gasteiger partial charge is 0.497 e. The zero-order valence-electron chi connectivity index (χ0n) is 19.3. The maximum atomic E-state index is 12.8. The average Bonchev–Trinajstić information content (AvgIpc) is 3.50. The highest BCUT2D eigenvalue weighted by atomic mass is 32.2. The number of hydrogen-bond acceptors (Lipinski definition) is 6. The minimum absolute atomic E-state index is 0.0409. The van der Waals surface area contributed by atoms with E-state index < -0.39 is 0 Å². The van der Waals surface area contributed by atoms with E-state index in [4.69, 9.17) is 9.47 Å². The number of benzene rings is 2. The second-order valence-electron chi connectivity index (χ2n) is 8.05. The van der Waals surface area contributed by atoms with Crippen molar-refractivity contribution in [2.45, 2.75) is 56.0 Å². The lowest BCUT2D eigenvalue weighted by molar-refractivity contribution is -0.120. The Morgan fingerprint density at radius 3 is 2.39 bits per heavy atom. The van der Waals surface area contributed by atoms with Gasteiger partial charge in [0.2, 0.25) is 5.91 Å². The van der Waals surface area contributed by atoms with Crippen LogP contribution < -0.4 is 14.8 Å². The van der Waals surface area contributed by atoms with E-state index in [9.17, 15) is 4.79 Å². The molecule has 1 saturated carbocycles. The number of ether oxygens (including phenoxy) is 2. The molecule has 1 heterocycles. The van der Waals surface area contributed by atoms with E-state index in [1.54, 1.807) is 7.11 Å². The minimum Gasteiger partial charge on any atom is -0.497 e. The Morgan fingerprint density at radius 1 is 1.09 bits per heavy atom. The molecule has 4 rings (SSSR count). The fraction of sp³-hybridized carbons (Fsp3) is 0.400. The molecule has 1 fully saturated rings. The quantitative estimate of drug-likeness (QED) is 0.453. The van der Waals surface area contributed by atoms with E-state index in [1.165, 1.54) is 24.6 Å². The predicted molar refractivity (Wildman–Crippen MR) is 130 cm³/mol. The molecule has 174 valence electrons. The van der Waals surface area contributed by atoms with Gasteiger partial charge in [-0.3, -0.25) is 9.36 Å². The van der Waals surface area contributed by atoms with Crippen LogP contribution in [0.25, 0.3) is 17.1 Å². The second-order valence-corrected chi connectivity index (χ2v) is 9.36. The molecule has 1 atom stereocenters. The van der Waals surface area contributed by atoms with Gasteiger partial charge in [0.25, 0.3) is 0 Å². The van der Waals surface area contributed by atoms with Crippen LogP contribution in [0.5, 0.6) is 11.5 Å². The monoisotopic (exact) mass is 466 g/mol. The number of carbonyl (C=O) groups is 1. The molecule has 0 radical (unpaired) electrons. The summed E-state index contributed by atoms with van der Waals surface area (Å²) in [5, 5.41) is 12.5. The zero-order valence-corrected chi connectivity index (χ0v) is 20.1. The molecule has 8 heteroatoms. The van der Waals surface area contributed by atoms with Gasteiger partial charge in [0.15, 0.2) is 11.0 Å². The third-order valence-electron chi connectivity index (χ3n) is 5.74. The van der Waals surface area contributed by atoms with Crippen LogP contribution in [0.2, 0.25) is 0 Å². The van der Waals surface area contributed by atoms with Crippen molar-refractivity contribution in [3.63, 3.8) is 0 Å². The molecule has 1 unspecified atom stereocenters. The molecule has 0 saturated heterocycles. The van der Waals surface area contributed by atoms with Gasteiger partial charge in [-0.2, -0.15) is 0 Å². The summed E-state index contributed by atoms with van der Waals surface area (Å²) in [4.78, 5) is 12.8. The average molecular weight is 467 g/mol. The van der Waals surface area contributed by atoms with Gasteiger partial charge in [-0.25, -0.2) is 0 Å². The lowest BCUT2D eigenvalue weighted by Crippen LogP contribution is -2.37. The first-order valence-corrected chi connectivity index (χ1v) is 12.3. The Bertz CT molecular complexity index is 1060.